The summed E-state index contributed by atoms with van der Waals surface area (Å²) in [6.07, 6.45) is 44.9. The number of aliphatic hydroxyl groups excluding tert-OH is 1. The smallest absolute Gasteiger partial charge is 0.306 e. The van der Waals surface area contributed by atoms with E-state index in [9.17, 15) is 14.7 Å². The third kappa shape index (κ3) is 35.0. The van der Waals surface area contributed by atoms with E-state index < -0.39 is 6.10 Å². The quantitative estimate of drug-likeness (QED) is 0.0421. The lowest BCUT2D eigenvalue weighted by atomic mass is 10.0. The van der Waals surface area contributed by atoms with Crippen molar-refractivity contribution >= 4 is 11.9 Å². The molecule has 0 saturated carbocycles. The van der Waals surface area contributed by atoms with E-state index in [1.807, 2.05) is 0 Å². The maximum absolute atomic E-state index is 12.2. The number of esters is 2. The third-order valence-electron chi connectivity index (χ3n) is 8.45. The van der Waals surface area contributed by atoms with Crippen LogP contribution in [0.25, 0.3) is 0 Å². The first kappa shape index (κ1) is 44.1. The lowest BCUT2D eigenvalue weighted by Gasteiger charge is -2.15. The molecule has 1 unspecified atom stereocenters. The van der Waals surface area contributed by atoms with Crippen molar-refractivity contribution in [1.82, 2.24) is 0 Å². The number of carbonyl (C=O) groups excluding carboxylic acids is 2. The predicted octanol–water partition coefficient (Wildman–Crippen LogP) is 12.1. The van der Waals surface area contributed by atoms with Gasteiger partial charge in [-0.15, -0.1) is 0 Å². The highest BCUT2D eigenvalue weighted by Crippen LogP contribution is 2.14. The number of hydrogen-bond donors (Lipinski definition) is 1. The molecule has 0 saturated heterocycles. The first-order valence-electron chi connectivity index (χ1n) is 19.5. The lowest BCUT2D eigenvalue weighted by molar-refractivity contribution is -0.161. The zero-order chi connectivity index (χ0) is 33.6. The van der Waals surface area contributed by atoms with Crippen LogP contribution in [0.2, 0.25) is 0 Å². The van der Waals surface area contributed by atoms with Crippen LogP contribution in [0.1, 0.15) is 194 Å². The van der Waals surface area contributed by atoms with Crippen LogP contribution < -0.4 is 0 Å². The predicted molar refractivity (Wildman–Crippen MR) is 196 cm³/mol. The van der Waals surface area contributed by atoms with Gasteiger partial charge < -0.3 is 14.6 Å². The van der Waals surface area contributed by atoms with Crippen molar-refractivity contribution in [3.8, 4) is 0 Å². The van der Waals surface area contributed by atoms with Crippen molar-refractivity contribution in [1.29, 1.82) is 0 Å². The molecule has 46 heavy (non-hydrogen) atoms. The van der Waals surface area contributed by atoms with E-state index in [0.717, 1.165) is 64.2 Å². The monoisotopic (exact) mass is 647 g/mol. The van der Waals surface area contributed by atoms with Crippen LogP contribution in [-0.4, -0.2) is 36.4 Å². The first-order valence-corrected chi connectivity index (χ1v) is 19.5. The molecular weight excluding hydrogens is 572 g/mol. The van der Waals surface area contributed by atoms with Crippen molar-refractivity contribution in [3.05, 3.63) is 36.5 Å². The molecule has 0 spiro atoms. The van der Waals surface area contributed by atoms with Crippen molar-refractivity contribution < 1.29 is 24.2 Å². The van der Waals surface area contributed by atoms with Gasteiger partial charge in [0.25, 0.3) is 0 Å². The van der Waals surface area contributed by atoms with E-state index >= 15 is 0 Å². The molecule has 0 aromatic carbocycles. The van der Waals surface area contributed by atoms with Crippen LogP contribution in [0.15, 0.2) is 36.5 Å². The molecule has 0 aliphatic heterocycles. The van der Waals surface area contributed by atoms with Gasteiger partial charge in [0.15, 0.2) is 6.10 Å². The highest BCUT2D eigenvalue weighted by Gasteiger charge is 2.16. The Morgan fingerprint density at radius 2 is 0.935 bits per heavy atom. The fourth-order valence-electron chi connectivity index (χ4n) is 5.51. The van der Waals surface area contributed by atoms with Gasteiger partial charge in [-0.05, 0) is 44.9 Å². The molecule has 0 amide bonds. The summed E-state index contributed by atoms with van der Waals surface area (Å²) in [5.74, 6) is -0.597. The summed E-state index contributed by atoms with van der Waals surface area (Å²) >= 11 is 0. The van der Waals surface area contributed by atoms with Gasteiger partial charge in [-0.3, -0.25) is 9.59 Å². The summed E-state index contributed by atoms with van der Waals surface area (Å²) in [6, 6.07) is 0. The molecule has 5 nitrogen and oxygen atoms in total. The summed E-state index contributed by atoms with van der Waals surface area (Å²) in [5, 5.41) is 9.55. The molecule has 0 radical (unpaired) electrons. The summed E-state index contributed by atoms with van der Waals surface area (Å²) < 4.78 is 10.6. The molecule has 0 aliphatic rings. The van der Waals surface area contributed by atoms with Crippen LogP contribution in [0.4, 0.5) is 0 Å². The Labute approximate surface area is 285 Å². The minimum absolute atomic E-state index is 0.0671. The van der Waals surface area contributed by atoms with Crippen LogP contribution in [0.3, 0.4) is 0 Å². The number of rotatable bonds is 35. The van der Waals surface area contributed by atoms with E-state index in [1.165, 1.54) is 103 Å². The Bertz CT molecular complexity index is 741. The molecule has 0 aromatic heterocycles. The Balaban J connectivity index is 3.55. The maximum atomic E-state index is 12.2. The van der Waals surface area contributed by atoms with Crippen LogP contribution >= 0.6 is 0 Å². The van der Waals surface area contributed by atoms with Crippen LogP contribution in [0, 0.1) is 0 Å². The molecule has 0 bridgehead atoms. The summed E-state index contributed by atoms with van der Waals surface area (Å²) in [4.78, 5) is 24.2. The van der Waals surface area contributed by atoms with Crippen molar-refractivity contribution in [2.45, 2.75) is 200 Å². The van der Waals surface area contributed by atoms with Crippen molar-refractivity contribution in [2.75, 3.05) is 13.2 Å². The molecule has 268 valence electrons. The van der Waals surface area contributed by atoms with Crippen LogP contribution in [0.5, 0.6) is 0 Å². The largest absolute Gasteiger partial charge is 0.462 e. The molecular formula is C41H74O5. The molecule has 0 heterocycles. The number of hydrogen-bond acceptors (Lipinski definition) is 5. The van der Waals surface area contributed by atoms with Crippen molar-refractivity contribution in [2.24, 2.45) is 0 Å². The van der Waals surface area contributed by atoms with Gasteiger partial charge in [0, 0.05) is 12.8 Å². The summed E-state index contributed by atoms with van der Waals surface area (Å²) in [5.41, 5.74) is 0. The first-order chi connectivity index (χ1) is 22.6. The number of aliphatic hydroxyl groups is 1. The normalized spacial score (nSPS) is 12.5. The minimum Gasteiger partial charge on any atom is -0.462 e. The van der Waals surface area contributed by atoms with Gasteiger partial charge >= 0.3 is 11.9 Å². The van der Waals surface area contributed by atoms with Gasteiger partial charge in [-0.1, -0.05) is 172 Å². The number of unbranched alkanes of at least 4 members (excludes halogenated alkanes) is 21. The molecule has 0 fully saturated rings. The zero-order valence-corrected chi connectivity index (χ0v) is 30.3. The average Bonchev–Trinajstić information content (AvgIpc) is 3.06. The Hall–Kier alpha value is -1.88. The fourth-order valence-corrected chi connectivity index (χ4v) is 5.51. The van der Waals surface area contributed by atoms with Gasteiger partial charge in [0.1, 0.15) is 6.61 Å². The van der Waals surface area contributed by atoms with E-state index in [-0.39, 0.29) is 25.2 Å². The van der Waals surface area contributed by atoms with Gasteiger partial charge in [-0.25, -0.2) is 0 Å². The topological polar surface area (TPSA) is 72.8 Å². The maximum Gasteiger partial charge on any atom is 0.306 e. The molecule has 1 N–H and O–H groups in total. The van der Waals surface area contributed by atoms with Crippen LogP contribution in [-0.2, 0) is 19.1 Å². The van der Waals surface area contributed by atoms with Gasteiger partial charge in [0.2, 0.25) is 0 Å². The number of allylic oxidation sites excluding steroid dienone is 6. The Kier molecular flexibility index (Phi) is 36.0. The van der Waals surface area contributed by atoms with E-state index in [2.05, 4.69) is 50.3 Å². The summed E-state index contributed by atoms with van der Waals surface area (Å²) in [6.45, 7) is 4.02. The second-order valence-electron chi connectivity index (χ2n) is 13.0. The highest BCUT2D eigenvalue weighted by molar-refractivity contribution is 5.70. The molecule has 0 rings (SSSR count). The second kappa shape index (κ2) is 37.6. The minimum atomic E-state index is -0.773. The fraction of sp³-hybridized carbons (Fsp3) is 0.805. The zero-order valence-electron chi connectivity index (χ0n) is 30.3. The van der Waals surface area contributed by atoms with E-state index in [4.69, 9.17) is 9.47 Å². The van der Waals surface area contributed by atoms with E-state index in [1.54, 1.807) is 0 Å². The Morgan fingerprint density at radius 3 is 1.41 bits per heavy atom. The molecule has 0 aliphatic carbocycles. The Morgan fingerprint density at radius 1 is 0.522 bits per heavy atom. The highest BCUT2D eigenvalue weighted by atomic mass is 16.6. The number of carbonyl (C=O) groups is 2. The number of ether oxygens (including phenoxy) is 2. The lowest BCUT2D eigenvalue weighted by Crippen LogP contribution is -2.28. The SMILES string of the molecule is CC/C=C\C/C=C\C/C=C\CCCCCCCCCC(=O)OC(CO)COC(=O)CCCCCCCCCCCCCCCCC. The third-order valence-corrected chi connectivity index (χ3v) is 8.45. The second-order valence-corrected chi connectivity index (χ2v) is 13.0. The molecule has 0 aromatic rings. The molecule has 1 atom stereocenters. The summed E-state index contributed by atoms with van der Waals surface area (Å²) in [7, 11) is 0. The van der Waals surface area contributed by atoms with E-state index in [0.29, 0.717) is 12.8 Å². The molecule has 5 heteroatoms. The standard InChI is InChI=1S/C41H74O5/c1-3-5-7-9-11-13-15-17-19-20-22-24-26-28-30-32-34-36-41(44)46-39(37-42)38-45-40(43)35-33-31-29-27-25-23-21-18-16-14-12-10-8-6-4-2/h5,7,11,13,17,19,39,42H,3-4,6,8-10,12,14-16,18,20-38H2,1-2H3/b7-5-,13-11-,19-17-. The van der Waals surface area contributed by atoms with Crippen molar-refractivity contribution in [3.63, 3.8) is 0 Å². The average molecular weight is 647 g/mol. The van der Waals surface area contributed by atoms with Gasteiger partial charge in [0.05, 0.1) is 6.61 Å². The van der Waals surface area contributed by atoms with Gasteiger partial charge in [-0.2, -0.15) is 0 Å².